The highest BCUT2D eigenvalue weighted by Gasteiger charge is 2.30. The van der Waals surface area contributed by atoms with Gasteiger partial charge in [-0.3, -0.25) is 9.59 Å². The predicted octanol–water partition coefficient (Wildman–Crippen LogP) is 7.04. The molecular formula is C25H28BrCl3N2O3. The molecule has 0 bridgehead atoms. The quantitative estimate of drug-likeness (QED) is 0.341. The van der Waals surface area contributed by atoms with E-state index in [4.69, 9.17) is 39.5 Å². The first kappa shape index (κ1) is 27.1. The summed E-state index contributed by atoms with van der Waals surface area (Å²) in [6.45, 7) is 1.84. The maximum atomic E-state index is 13.4. The Kier molecular flexibility index (Phi) is 10.4. The number of nitrogens with one attached hydrogen (secondary N) is 1. The molecule has 1 aliphatic rings. The number of nitrogens with zero attached hydrogens (tertiary/aromatic N) is 1. The highest BCUT2D eigenvalue weighted by atomic mass is 79.9. The number of carbonyl (C=O) groups excluding carboxylic acids is 2. The highest BCUT2D eigenvalue weighted by Crippen LogP contribution is 2.28. The second-order valence-electron chi connectivity index (χ2n) is 8.40. The summed E-state index contributed by atoms with van der Waals surface area (Å²) in [5, 5.41) is 4.36. The minimum atomic E-state index is -0.645. The molecule has 34 heavy (non-hydrogen) atoms. The van der Waals surface area contributed by atoms with Gasteiger partial charge in [0.2, 0.25) is 5.91 Å². The molecule has 1 aliphatic carbocycles. The van der Waals surface area contributed by atoms with Gasteiger partial charge >= 0.3 is 0 Å². The fraction of sp³-hybridized carbons (Fsp3) is 0.440. The molecular weight excluding hydrogens is 563 g/mol. The summed E-state index contributed by atoms with van der Waals surface area (Å²) in [5.74, 6) is -0.0763. The summed E-state index contributed by atoms with van der Waals surface area (Å²) >= 11 is 21.8. The average Bonchev–Trinajstić information content (AvgIpc) is 2.81. The number of hydrogen-bond acceptors (Lipinski definition) is 3. The zero-order chi connectivity index (χ0) is 24.7. The van der Waals surface area contributed by atoms with E-state index in [0.29, 0.717) is 27.2 Å². The van der Waals surface area contributed by atoms with Crippen LogP contribution in [0.5, 0.6) is 5.75 Å². The molecule has 2 aromatic rings. The zero-order valence-corrected chi connectivity index (χ0v) is 22.8. The first-order valence-electron chi connectivity index (χ1n) is 11.4. The van der Waals surface area contributed by atoms with E-state index in [-0.39, 0.29) is 31.0 Å². The van der Waals surface area contributed by atoms with Crippen molar-refractivity contribution >= 4 is 62.5 Å². The van der Waals surface area contributed by atoms with Gasteiger partial charge in [0.1, 0.15) is 11.8 Å². The molecule has 0 aromatic heterocycles. The first-order valence-corrected chi connectivity index (χ1v) is 13.3. The Morgan fingerprint density at radius 2 is 1.79 bits per heavy atom. The number of hydrogen-bond donors (Lipinski definition) is 1. The Morgan fingerprint density at radius 1 is 1.06 bits per heavy atom. The molecule has 0 heterocycles. The maximum absolute atomic E-state index is 13.4. The number of amides is 2. The van der Waals surface area contributed by atoms with Crippen molar-refractivity contribution in [1.82, 2.24) is 10.2 Å². The molecule has 1 N–H and O–H groups in total. The van der Waals surface area contributed by atoms with E-state index >= 15 is 0 Å². The van der Waals surface area contributed by atoms with Crippen molar-refractivity contribution in [2.75, 3.05) is 6.61 Å². The number of benzene rings is 2. The Bertz CT molecular complexity index is 1010. The molecule has 0 unspecified atom stereocenters. The fourth-order valence-electron chi connectivity index (χ4n) is 4.11. The van der Waals surface area contributed by atoms with Gasteiger partial charge in [0, 0.05) is 17.1 Å². The van der Waals surface area contributed by atoms with E-state index in [2.05, 4.69) is 21.2 Å². The number of halogens is 4. The van der Waals surface area contributed by atoms with Gasteiger partial charge in [-0.1, -0.05) is 83.0 Å². The van der Waals surface area contributed by atoms with E-state index in [1.807, 2.05) is 6.92 Å². The number of rotatable bonds is 9. The smallest absolute Gasteiger partial charge is 0.261 e. The van der Waals surface area contributed by atoms with Crippen molar-refractivity contribution in [2.45, 2.75) is 64.1 Å². The molecule has 0 saturated heterocycles. The van der Waals surface area contributed by atoms with Gasteiger partial charge in [-0.2, -0.15) is 0 Å². The van der Waals surface area contributed by atoms with E-state index in [9.17, 15) is 9.59 Å². The topological polar surface area (TPSA) is 58.6 Å². The van der Waals surface area contributed by atoms with Crippen LogP contribution in [-0.4, -0.2) is 35.4 Å². The van der Waals surface area contributed by atoms with Gasteiger partial charge in [-0.25, -0.2) is 0 Å². The SMILES string of the molecule is CC[C@@H](C(=O)NC1CCCCC1)N(Cc1ccc(Cl)c(Cl)c1)C(=O)COc1ccc(Br)cc1Cl. The second kappa shape index (κ2) is 13.0. The lowest BCUT2D eigenvalue weighted by atomic mass is 9.95. The third-order valence-electron chi connectivity index (χ3n) is 5.92. The summed E-state index contributed by atoms with van der Waals surface area (Å²) in [5.41, 5.74) is 0.772. The molecule has 0 spiro atoms. The molecule has 3 rings (SSSR count). The van der Waals surface area contributed by atoms with Crippen molar-refractivity contribution in [3.8, 4) is 5.75 Å². The molecule has 5 nitrogen and oxygen atoms in total. The summed E-state index contributed by atoms with van der Waals surface area (Å²) in [6.07, 6.45) is 5.80. The van der Waals surface area contributed by atoms with Gasteiger partial charge in [-0.15, -0.1) is 0 Å². The van der Waals surface area contributed by atoms with Crippen LogP contribution < -0.4 is 10.1 Å². The Balaban J connectivity index is 1.79. The van der Waals surface area contributed by atoms with E-state index < -0.39 is 6.04 Å². The van der Waals surface area contributed by atoms with Crippen LogP contribution in [0.25, 0.3) is 0 Å². The zero-order valence-electron chi connectivity index (χ0n) is 19.0. The van der Waals surface area contributed by atoms with Crippen LogP contribution >= 0.6 is 50.7 Å². The lowest BCUT2D eigenvalue weighted by Crippen LogP contribution is -2.52. The number of carbonyl (C=O) groups is 2. The van der Waals surface area contributed by atoms with Gasteiger partial charge in [0.15, 0.2) is 6.61 Å². The van der Waals surface area contributed by atoms with Crippen molar-refractivity contribution in [3.05, 3.63) is 61.5 Å². The molecule has 1 fully saturated rings. The van der Waals surface area contributed by atoms with Gasteiger partial charge in [-0.05, 0) is 55.2 Å². The number of ether oxygens (including phenoxy) is 1. The summed E-state index contributed by atoms with van der Waals surface area (Å²) < 4.78 is 6.52. The van der Waals surface area contributed by atoms with Crippen molar-refractivity contribution in [2.24, 2.45) is 0 Å². The molecule has 2 amide bonds. The summed E-state index contributed by atoms with van der Waals surface area (Å²) in [6, 6.07) is 9.86. The predicted molar refractivity (Wildman–Crippen MR) is 141 cm³/mol. The first-order chi connectivity index (χ1) is 16.3. The largest absolute Gasteiger partial charge is 0.482 e. The minimum Gasteiger partial charge on any atom is -0.482 e. The molecule has 184 valence electrons. The fourth-order valence-corrected chi connectivity index (χ4v) is 5.16. The van der Waals surface area contributed by atoms with Crippen LogP contribution in [-0.2, 0) is 16.1 Å². The summed E-state index contributed by atoms with van der Waals surface area (Å²) in [7, 11) is 0. The standard InChI is InChI=1S/C25H28BrCl3N2O3/c1-2-22(25(33)30-18-6-4-3-5-7-18)31(14-16-8-10-19(27)20(28)12-16)24(32)15-34-23-11-9-17(26)13-21(23)29/h8-13,18,22H,2-7,14-15H2,1H3,(H,30,33)/t22-/m0/s1. The maximum Gasteiger partial charge on any atom is 0.261 e. The van der Waals surface area contributed by atoms with E-state index in [1.165, 1.54) is 6.42 Å². The molecule has 0 radical (unpaired) electrons. The molecule has 1 saturated carbocycles. The summed E-state index contributed by atoms with van der Waals surface area (Å²) in [4.78, 5) is 28.1. The lowest BCUT2D eigenvalue weighted by molar-refractivity contribution is -0.143. The third-order valence-corrected chi connectivity index (χ3v) is 7.45. The Labute approximate surface area is 224 Å². The van der Waals surface area contributed by atoms with Crippen molar-refractivity contribution < 1.29 is 14.3 Å². The Morgan fingerprint density at radius 3 is 2.44 bits per heavy atom. The monoisotopic (exact) mass is 588 g/mol. The molecule has 9 heteroatoms. The van der Waals surface area contributed by atoms with Gasteiger partial charge in [0.05, 0.1) is 15.1 Å². The van der Waals surface area contributed by atoms with E-state index in [1.54, 1.807) is 41.3 Å². The van der Waals surface area contributed by atoms with Crippen LogP contribution in [0.3, 0.4) is 0 Å². The molecule has 0 aliphatic heterocycles. The Hall–Kier alpha value is -1.47. The minimum absolute atomic E-state index is 0.148. The van der Waals surface area contributed by atoms with Crippen LogP contribution in [0.2, 0.25) is 15.1 Å². The second-order valence-corrected chi connectivity index (χ2v) is 10.5. The van der Waals surface area contributed by atoms with Crippen LogP contribution in [0.1, 0.15) is 51.0 Å². The molecule has 1 atom stereocenters. The van der Waals surface area contributed by atoms with Crippen LogP contribution in [0, 0.1) is 0 Å². The average molecular weight is 591 g/mol. The van der Waals surface area contributed by atoms with E-state index in [0.717, 1.165) is 35.7 Å². The van der Waals surface area contributed by atoms with Gasteiger partial charge < -0.3 is 15.0 Å². The van der Waals surface area contributed by atoms with Crippen LogP contribution in [0.15, 0.2) is 40.9 Å². The van der Waals surface area contributed by atoms with Crippen molar-refractivity contribution in [3.63, 3.8) is 0 Å². The van der Waals surface area contributed by atoms with Crippen LogP contribution in [0.4, 0.5) is 0 Å². The third kappa shape index (κ3) is 7.51. The van der Waals surface area contributed by atoms with Crippen molar-refractivity contribution in [1.29, 1.82) is 0 Å². The highest BCUT2D eigenvalue weighted by molar-refractivity contribution is 9.10. The normalized spacial score (nSPS) is 15.0. The van der Waals surface area contributed by atoms with Gasteiger partial charge in [0.25, 0.3) is 5.91 Å². The lowest BCUT2D eigenvalue weighted by Gasteiger charge is -2.32. The molecule has 2 aromatic carbocycles.